The average Bonchev–Trinajstić information content (AvgIpc) is 3.19. The van der Waals surface area contributed by atoms with Gasteiger partial charge in [0.1, 0.15) is 11.5 Å². The zero-order chi connectivity index (χ0) is 17.2. The Labute approximate surface area is 158 Å². The summed E-state index contributed by atoms with van der Waals surface area (Å²) in [6, 6.07) is 15.2. The first-order valence-electron chi connectivity index (χ1n) is 9.05. The summed E-state index contributed by atoms with van der Waals surface area (Å²) in [6.45, 7) is 0. The Bertz CT molecular complexity index is 699. The second kappa shape index (κ2) is 7.55. The van der Waals surface area contributed by atoms with Gasteiger partial charge in [-0.1, -0.05) is 0 Å². The van der Waals surface area contributed by atoms with Crippen molar-refractivity contribution in [3.05, 3.63) is 48.5 Å². The summed E-state index contributed by atoms with van der Waals surface area (Å²) in [5.74, 6) is 4.53. The summed E-state index contributed by atoms with van der Waals surface area (Å²) >= 11 is 3.92. The lowest BCUT2D eigenvalue weighted by Gasteiger charge is -2.27. The molecule has 4 unspecified atom stereocenters. The minimum atomic E-state index is 0.342. The van der Waals surface area contributed by atoms with Gasteiger partial charge in [0, 0.05) is 15.0 Å². The van der Waals surface area contributed by atoms with E-state index in [4.69, 9.17) is 0 Å². The Hall–Kier alpha value is -1.26. The van der Waals surface area contributed by atoms with Gasteiger partial charge in [-0.15, -0.1) is 23.5 Å². The molecule has 2 fully saturated rings. The van der Waals surface area contributed by atoms with Crippen LogP contribution < -0.4 is 0 Å². The molecule has 2 bridgehead atoms. The monoisotopic (exact) mass is 372 g/mol. The summed E-state index contributed by atoms with van der Waals surface area (Å²) in [5, 5.41) is 19.5. The highest BCUT2D eigenvalue weighted by Gasteiger charge is 2.45. The van der Waals surface area contributed by atoms with Crippen molar-refractivity contribution in [3.8, 4) is 11.5 Å². The Morgan fingerprint density at radius 2 is 1.40 bits per heavy atom. The van der Waals surface area contributed by atoms with E-state index in [1.54, 1.807) is 24.3 Å². The normalized spacial score (nSPS) is 27.7. The van der Waals surface area contributed by atoms with Crippen LogP contribution in [-0.4, -0.2) is 21.2 Å². The van der Waals surface area contributed by atoms with E-state index in [0.717, 1.165) is 23.0 Å². The number of aromatic hydroxyl groups is 2. The largest absolute Gasteiger partial charge is 0.508 e. The minimum Gasteiger partial charge on any atom is -0.508 e. The van der Waals surface area contributed by atoms with E-state index in [9.17, 15) is 10.2 Å². The third-order valence-electron chi connectivity index (χ3n) is 5.66. The first-order valence-corrected chi connectivity index (χ1v) is 10.9. The van der Waals surface area contributed by atoms with Crippen molar-refractivity contribution in [1.29, 1.82) is 0 Å². The predicted octanol–water partition coefficient (Wildman–Crippen LogP) is 5.79. The Kier molecular flexibility index (Phi) is 5.18. The highest BCUT2D eigenvalue weighted by atomic mass is 32.2. The Morgan fingerprint density at radius 3 is 2.00 bits per heavy atom. The molecule has 4 rings (SSSR count). The molecule has 2 aromatic rings. The molecule has 0 saturated heterocycles. The number of benzene rings is 2. The maximum absolute atomic E-state index is 9.41. The molecular formula is C21H24O2S2. The number of thioether (sulfide) groups is 2. The lowest BCUT2D eigenvalue weighted by atomic mass is 9.87. The van der Waals surface area contributed by atoms with E-state index >= 15 is 0 Å². The first kappa shape index (κ1) is 17.2. The SMILES string of the molecule is Oc1ccc(SCCC2CC3CC2CC3Sc2ccc(O)cc2)cc1. The highest BCUT2D eigenvalue weighted by molar-refractivity contribution is 8.00. The van der Waals surface area contributed by atoms with Gasteiger partial charge >= 0.3 is 0 Å². The van der Waals surface area contributed by atoms with Crippen LogP contribution in [0.5, 0.6) is 11.5 Å². The standard InChI is InChI=1S/C21H24O2S2/c22-17-1-5-19(6-2-17)24-10-9-14-11-16-12-15(14)13-21(16)25-20-7-3-18(23)4-8-20/h1-8,14-16,21-23H,9-13H2. The van der Waals surface area contributed by atoms with Gasteiger partial charge in [0.15, 0.2) is 0 Å². The molecule has 0 aromatic heterocycles. The zero-order valence-electron chi connectivity index (χ0n) is 14.2. The van der Waals surface area contributed by atoms with E-state index in [2.05, 4.69) is 0 Å². The molecular weight excluding hydrogens is 348 g/mol. The number of hydrogen-bond acceptors (Lipinski definition) is 4. The van der Waals surface area contributed by atoms with Crippen LogP contribution in [0.3, 0.4) is 0 Å². The lowest BCUT2D eigenvalue weighted by Crippen LogP contribution is -2.20. The van der Waals surface area contributed by atoms with Crippen molar-refractivity contribution in [3.63, 3.8) is 0 Å². The molecule has 4 atom stereocenters. The smallest absolute Gasteiger partial charge is 0.115 e. The van der Waals surface area contributed by atoms with Crippen LogP contribution in [0, 0.1) is 17.8 Å². The molecule has 2 aromatic carbocycles. The first-order chi connectivity index (χ1) is 12.2. The van der Waals surface area contributed by atoms with Gasteiger partial charge in [0.25, 0.3) is 0 Å². The molecule has 2 N–H and O–H groups in total. The maximum atomic E-state index is 9.41. The fourth-order valence-corrected chi connectivity index (χ4v) is 6.80. The van der Waals surface area contributed by atoms with Crippen molar-refractivity contribution < 1.29 is 10.2 Å². The fraction of sp³-hybridized carbons (Fsp3) is 0.429. The predicted molar refractivity (Wildman–Crippen MR) is 106 cm³/mol. The van der Waals surface area contributed by atoms with Gasteiger partial charge in [-0.2, -0.15) is 0 Å². The number of phenolic OH excluding ortho intramolecular Hbond substituents is 2. The second-order valence-electron chi connectivity index (χ2n) is 7.27. The minimum absolute atomic E-state index is 0.342. The number of fused-ring (bicyclic) bond motifs is 2. The van der Waals surface area contributed by atoms with Crippen molar-refractivity contribution in [1.82, 2.24) is 0 Å². The van der Waals surface area contributed by atoms with Crippen molar-refractivity contribution in [2.24, 2.45) is 17.8 Å². The van der Waals surface area contributed by atoms with Crippen molar-refractivity contribution in [2.75, 3.05) is 5.75 Å². The molecule has 0 amide bonds. The maximum Gasteiger partial charge on any atom is 0.115 e. The molecule has 0 spiro atoms. The molecule has 2 nitrogen and oxygen atoms in total. The van der Waals surface area contributed by atoms with Crippen LogP contribution in [0.15, 0.2) is 58.3 Å². The fourth-order valence-electron chi connectivity index (χ4n) is 4.41. The lowest BCUT2D eigenvalue weighted by molar-refractivity contribution is 0.332. The molecule has 0 radical (unpaired) electrons. The van der Waals surface area contributed by atoms with Crippen LogP contribution >= 0.6 is 23.5 Å². The topological polar surface area (TPSA) is 40.5 Å². The van der Waals surface area contributed by atoms with E-state index in [1.165, 1.54) is 41.2 Å². The second-order valence-corrected chi connectivity index (χ2v) is 9.75. The van der Waals surface area contributed by atoms with Crippen LogP contribution in [0.25, 0.3) is 0 Å². The van der Waals surface area contributed by atoms with E-state index < -0.39 is 0 Å². The molecule has 0 heterocycles. The number of hydrogen-bond donors (Lipinski definition) is 2. The van der Waals surface area contributed by atoms with Gasteiger partial charge in [-0.05, 0) is 97.7 Å². The molecule has 25 heavy (non-hydrogen) atoms. The summed E-state index contributed by atoms with van der Waals surface area (Å²) in [6.07, 6.45) is 5.45. The molecule has 132 valence electrons. The Morgan fingerprint density at radius 1 is 0.760 bits per heavy atom. The van der Waals surface area contributed by atoms with E-state index in [0.29, 0.717) is 11.5 Å². The Balaban J connectivity index is 1.24. The highest BCUT2D eigenvalue weighted by Crippen LogP contribution is 2.55. The molecule has 4 heteroatoms. The zero-order valence-corrected chi connectivity index (χ0v) is 15.8. The summed E-state index contributed by atoms with van der Waals surface area (Å²) < 4.78 is 0. The van der Waals surface area contributed by atoms with Crippen molar-refractivity contribution >= 4 is 23.5 Å². The number of rotatable bonds is 6. The molecule has 2 aliphatic rings. The van der Waals surface area contributed by atoms with Crippen LogP contribution in [0.1, 0.15) is 25.7 Å². The van der Waals surface area contributed by atoms with E-state index in [1.807, 2.05) is 47.8 Å². The third-order valence-corrected chi connectivity index (χ3v) is 8.13. The van der Waals surface area contributed by atoms with Gasteiger partial charge in [-0.3, -0.25) is 0 Å². The molecule has 2 saturated carbocycles. The van der Waals surface area contributed by atoms with Gasteiger partial charge in [0.05, 0.1) is 0 Å². The van der Waals surface area contributed by atoms with Gasteiger partial charge in [0.2, 0.25) is 0 Å². The van der Waals surface area contributed by atoms with Gasteiger partial charge < -0.3 is 10.2 Å². The van der Waals surface area contributed by atoms with Crippen LogP contribution in [0.2, 0.25) is 0 Å². The summed E-state index contributed by atoms with van der Waals surface area (Å²) in [5.41, 5.74) is 0. The van der Waals surface area contributed by atoms with Crippen molar-refractivity contribution in [2.45, 2.75) is 40.7 Å². The van der Waals surface area contributed by atoms with Crippen LogP contribution in [0.4, 0.5) is 0 Å². The quantitative estimate of drug-likeness (QED) is 0.630. The van der Waals surface area contributed by atoms with E-state index in [-0.39, 0.29) is 0 Å². The average molecular weight is 373 g/mol. The van der Waals surface area contributed by atoms with Gasteiger partial charge in [-0.25, -0.2) is 0 Å². The summed E-state index contributed by atoms with van der Waals surface area (Å²) in [7, 11) is 0. The third kappa shape index (κ3) is 4.12. The van der Waals surface area contributed by atoms with Crippen LogP contribution in [-0.2, 0) is 0 Å². The number of phenols is 2. The molecule has 2 aliphatic carbocycles. The summed E-state index contributed by atoms with van der Waals surface area (Å²) in [4.78, 5) is 2.54. The molecule has 0 aliphatic heterocycles.